The van der Waals surface area contributed by atoms with Crippen LogP contribution in [0, 0.1) is 6.92 Å². The van der Waals surface area contributed by atoms with Gasteiger partial charge in [-0.25, -0.2) is 0 Å². The predicted octanol–water partition coefficient (Wildman–Crippen LogP) is 5.08. The van der Waals surface area contributed by atoms with Crippen LogP contribution in [0.2, 0.25) is 0 Å². The molecule has 2 nitrogen and oxygen atoms in total. The van der Waals surface area contributed by atoms with Crippen LogP contribution in [-0.4, -0.2) is 9.78 Å². The summed E-state index contributed by atoms with van der Waals surface area (Å²) in [5, 5.41) is 4.43. The molecule has 20 heavy (non-hydrogen) atoms. The average Bonchev–Trinajstić information content (AvgIpc) is 2.61. The smallest absolute Gasteiger partial charge is 0.0738 e. The highest BCUT2D eigenvalue weighted by Crippen LogP contribution is 2.30. The van der Waals surface area contributed by atoms with Crippen molar-refractivity contribution >= 4 is 27.7 Å². The van der Waals surface area contributed by atoms with Crippen LogP contribution < -0.4 is 0 Å². The largest absolute Gasteiger partial charge is 0.270 e. The van der Waals surface area contributed by atoms with Crippen molar-refractivity contribution in [1.29, 1.82) is 0 Å². The first-order valence-corrected chi connectivity index (χ1v) is 8.48. The molecule has 0 atom stereocenters. The van der Waals surface area contributed by atoms with E-state index in [0.29, 0.717) is 0 Å². The Balaban J connectivity index is 2.08. The number of nitrogens with zero attached hydrogens (tertiary/aromatic N) is 2. The lowest BCUT2D eigenvalue weighted by Gasteiger charge is -2.19. The Morgan fingerprint density at radius 2 is 1.80 bits per heavy atom. The molecule has 1 aromatic heterocycles. The lowest BCUT2D eigenvalue weighted by atomic mass is 9.87. The standard InChI is InChI=1S/C16H21BrN2S/c1-11-15(17)14(19(5)18-11)10-20-13-8-6-12(7-9-13)16(2,3)4/h6-9H,10H2,1-5H3. The monoisotopic (exact) mass is 352 g/mol. The molecule has 0 unspecified atom stereocenters. The molecular formula is C16H21BrN2S. The van der Waals surface area contributed by atoms with Crippen molar-refractivity contribution in [1.82, 2.24) is 9.78 Å². The van der Waals surface area contributed by atoms with E-state index in [0.717, 1.165) is 15.9 Å². The molecule has 0 aliphatic rings. The van der Waals surface area contributed by atoms with Crippen molar-refractivity contribution in [2.45, 2.75) is 43.8 Å². The lowest BCUT2D eigenvalue weighted by Crippen LogP contribution is -2.10. The molecule has 1 aromatic carbocycles. The van der Waals surface area contributed by atoms with Crippen LogP contribution in [-0.2, 0) is 18.2 Å². The summed E-state index contributed by atoms with van der Waals surface area (Å²) < 4.78 is 3.08. The molecular weight excluding hydrogens is 332 g/mol. The van der Waals surface area contributed by atoms with Crippen LogP contribution in [0.3, 0.4) is 0 Å². The molecule has 2 aromatic rings. The second kappa shape index (κ2) is 5.94. The van der Waals surface area contributed by atoms with E-state index >= 15 is 0 Å². The van der Waals surface area contributed by atoms with Gasteiger partial charge in [0.15, 0.2) is 0 Å². The molecule has 0 amide bonds. The molecule has 0 spiro atoms. The van der Waals surface area contributed by atoms with E-state index < -0.39 is 0 Å². The summed E-state index contributed by atoms with van der Waals surface area (Å²) in [4.78, 5) is 1.30. The van der Waals surface area contributed by atoms with Gasteiger partial charge in [-0.05, 0) is 46.0 Å². The Morgan fingerprint density at radius 3 is 2.25 bits per heavy atom. The van der Waals surface area contributed by atoms with Crippen LogP contribution in [0.15, 0.2) is 33.6 Å². The summed E-state index contributed by atoms with van der Waals surface area (Å²) in [6.07, 6.45) is 0. The summed E-state index contributed by atoms with van der Waals surface area (Å²) in [7, 11) is 2.00. The maximum atomic E-state index is 4.43. The van der Waals surface area contributed by atoms with Gasteiger partial charge < -0.3 is 0 Å². The van der Waals surface area contributed by atoms with Gasteiger partial charge in [-0.2, -0.15) is 5.10 Å². The van der Waals surface area contributed by atoms with Crippen LogP contribution in [0.25, 0.3) is 0 Å². The Labute approximate surface area is 134 Å². The Hall–Kier alpha value is -0.740. The number of thioether (sulfide) groups is 1. The first-order valence-electron chi connectivity index (χ1n) is 6.70. The fourth-order valence-corrected chi connectivity index (χ4v) is 3.66. The fraction of sp³-hybridized carbons (Fsp3) is 0.438. The summed E-state index contributed by atoms with van der Waals surface area (Å²) >= 11 is 5.46. The predicted molar refractivity (Wildman–Crippen MR) is 90.3 cm³/mol. The quantitative estimate of drug-likeness (QED) is 0.716. The molecule has 2 rings (SSSR count). The zero-order valence-corrected chi connectivity index (χ0v) is 15.1. The first-order chi connectivity index (χ1) is 9.29. The Kier molecular flexibility index (Phi) is 4.65. The minimum Gasteiger partial charge on any atom is -0.270 e. The van der Waals surface area contributed by atoms with Crippen molar-refractivity contribution in [2.24, 2.45) is 7.05 Å². The summed E-state index contributed by atoms with van der Waals surface area (Å²) in [5.41, 5.74) is 3.86. The second-order valence-electron chi connectivity index (χ2n) is 6.03. The van der Waals surface area contributed by atoms with Crippen molar-refractivity contribution in [3.8, 4) is 0 Å². The topological polar surface area (TPSA) is 17.8 Å². The summed E-state index contributed by atoms with van der Waals surface area (Å²) in [5.74, 6) is 0.923. The molecule has 0 saturated carbocycles. The average molecular weight is 353 g/mol. The highest BCUT2D eigenvalue weighted by Gasteiger charge is 2.14. The number of rotatable bonds is 3. The molecule has 0 N–H and O–H groups in total. The molecule has 108 valence electrons. The van der Waals surface area contributed by atoms with Crippen molar-refractivity contribution in [2.75, 3.05) is 0 Å². The van der Waals surface area contributed by atoms with Gasteiger partial charge in [-0.15, -0.1) is 11.8 Å². The molecule has 0 fully saturated rings. The fourth-order valence-electron chi connectivity index (χ4n) is 2.04. The maximum absolute atomic E-state index is 4.43. The van der Waals surface area contributed by atoms with Crippen molar-refractivity contribution in [3.05, 3.63) is 45.7 Å². The molecule has 0 saturated heterocycles. The summed E-state index contributed by atoms with van der Waals surface area (Å²) in [6, 6.07) is 8.88. The highest BCUT2D eigenvalue weighted by molar-refractivity contribution is 9.10. The van der Waals surface area contributed by atoms with Gasteiger partial charge in [0, 0.05) is 17.7 Å². The minimum atomic E-state index is 0.214. The number of aromatic nitrogens is 2. The van der Waals surface area contributed by atoms with Crippen molar-refractivity contribution < 1.29 is 0 Å². The molecule has 0 aliphatic carbocycles. The molecule has 4 heteroatoms. The highest BCUT2D eigenvalue weighted by atomic mass is 79.9. The number of aryl methyl sites for hydroxylation is 2. The van der Waals surface area contributed by atoms with Gasteiger partial charge in [-0.1, -0.05) is 32.9 Å². The number of hydrogen-bond donors (Lipinski definition) is 0. The van der Waals surface area contributed by atoms with Gasteiger partial charge >= 0.3 is 0 Å². The minimum absolute atomic E-state index is 0.214. The van der Waals surface area contributed by atoms with Gasteiger partial charge in [0.2, 0.25) is 0 Å². The van der Waals surface area contributed by atoms with Crippen molar-refractivity contribution in [3.63, 3.8) is 0 Å². The lowest BCUT2D eigenvalue weighted by molar-refractivity contribution is 0.590. The molecule has 0 aliphatic heterocycles. The van der Waals surface area contributed by atoms with E-state index in [9.17, 15) is 0 Å². The SMILES string of the molecule is Cc1nn(C)c(CSc2ccc(C(C)(C)C)cc2)c1Br. The van der Waals surface area contributed by atoms with Gasteiger partial charge in [0.25, 0.3) is 0 Å². The molecule has 1 heterocycles. The van der Waals surface area contributed by atoms with Crippen LogP contribution in [0.1, 0.15) is 37.7 Å². The third-order valence-electron chi connectivity index (χ3n) is 3.36. The van der Waals surface area contributed by atoms with E-state index in [1.54, 1.807) is 0 Å². The zero-order valence-electron chi connectivity index (χ0n) is 12.7. The third kappa shape index (κ3) is 3.47. The Morgan fingerprint density at radius 1 is 1.20 bits per heavy atom. The van der Waals surface area contributed by atoms with E-state index in [4.69, 9.17) is 0 Å². The van der Waals surface area contributed by atoms with E-state index in [1.165, 1.54) is 16.2 Å². The van der Waals surface area contributed by atoms with Crippen LogP contribution >= 0.6 is 27.7 Å². The number of hydrogen-bond acceptors (Lipinski definition) is 2. The van der Waals surface area contributed by atoms with E-state index in [-0.39, 0.29) is 5.41 Å². The maximum Gasteiger partial charge on any atom is 0.0738 e. The number of halogens is 1. The van der Waals surface area contributed by atoms with E-state index in [2.05, 4.69) is 66.1 Å². The molecule has 0 bridgehead atoms. The molecule has 0 radical (unpaired) electrons. The first kappa shape index (κ1) is 15.6. The normalized spacial score (nSPS) is 11.9. The Bertz CT molecular complexity index is 594. The van der Waals surface area contributed by atoms with Crippen LogP contribution in [0.5, 0.6) is 0 Å². The van der Waals surface area contributed by atoms with Crippen LogP contribution in [0.4, 0.5) is 0 Å². The van der Waals surface area contributed by atoms with Gasteiger partial charge in [0.1, 0.15) is 0 Å². The van der Waals surface area contributed by atoms with Gasteiger partial charge in [-0.3, -0.25) is 4.68 Å². The third-order valence-corrected chi connectivity index (χ3v) is 5.41. The van der Waals surface area contributed by atoms with Gasteiger partial charge in [0.05, 0.1) is 15.9 Å². The zero-order chi connectivity index (χ0) is 14.9. The van der Waals surface area contributed by atoms with E-state index in [1.807, 2.05) is 30.4 Å². The second-order valence-corrected chi connectivity index (χ2v) is 7.87. The summed E-state index contributed by atoms with van der Waals surface area (Å²) in [6.45, 7) is 8.75. The number of benzene rings is 1.